The fourth-order valence-corrected chi connectivity index (χ4v) is 2.05. The van der Waals surface area contributed by atoms with Gasteiger partial charge in [-0.1, -0.05) is 24.8 Å². The van der Waals surface area contributed by atoms with Gasteiger partial charge in [-0.15, -0.1) is 0 Å². The quantitative estimate of drug-likeness (QED) is 0.846. The first kappa shape index (κ1) is 13.3. The second-order valence-corrected chi connectivity index (χ2v) is 4.44. The highest BCUT2D eigenvalue weighted by molar-refractivity contribution is 6.02. The Labute approximate surface area is 110 Å². The molecule has 1 aromatic carbocycles. The van der Waals surface area contributed by atoms with E-state index in [-0.39, 0.29) is 5.91 Å². The average molecular weight is 262 g/mol. The molecule has 0 radical (unpaired) electrons. The van der Waals surface area contributed by atoms with Crippen LogP contribution in [0.2, 0.25) is 0 Å². The van der Waals surface area contributed by atoms with Gasteiger partial charge in [-0.05, 0) is 18.1 Å². The van der Waals surface area contributed by atoms with E-state index in [1.165, 1.54) is 0 Å². The molecule has 1 fully saturated rings. The maximum absolute atomic E-state index is 12.7. The molecule has 0 bridgehead atoms. The lowest BCUT2D eigenvalue weighted by Crippen LogP contribution is -2.24. The number of carbonyl (C=O) groups excluding carboxylic acids is 2. The SMILES string of the molecule is C=C(F)C(=O)Nc1ccccc1CN1CCCC1=O. The maximum atomic E-state index is 12.7. The van der Waals surface area contributed by atoms with Crippen LogP contribution in [0.15, 0.2) is 36.7 Å². The standard InChI is InChI=1S/C14H15FN2O2/c1-10(15)14(19)16-12-6-3-2-5-11(12)9-17-8-4-7-13(17)18/h2-3,5-6H,1,4,7-9H2,(H,16,19). The third kappa shape index (κ3) is 3.19. The summed E-state index contributed by atoms with van der Waals surface area (Å²) in [6.45, 7) is 4.10. The van der Waals surface area contributed by atoms with E-state index in [1.54, 1.807) is 17.0 Å². The largest absolute Gasteiger partial charge is 0.338 e. The predicted octanol–water partition coefficient (Wildman–Crippen LogP) is 2.23. The molecule has 2 amide bonds. The molecule has 0 spiro atoms. The van der Waals surface area contributed by atoms with Gasteiger partial charge in [-0.2, -0.15) is 0 Å². The van der Waals surface area contributed by atoms with Gasteiger partial charge in [0.2, 0.25) is 5.91 Å². The number of carbonyl (C=O) groups is 2. The first-order chi connectivity index (χ1) is 9.08. The van der Waals surface area contributed by atoms with Crippen LogP contribution in [0.1, 0.15) is 18.4 Å². The van der Waals surface area contributed by atoms with Crippen molar-refractivity contribution in [1.82, 2.24) is 4.90 Å². The Balaban J connectivity index is 2.14. The monoisotopic (exact) mass is 262 g/mol. The van der Waals surface area contributed by atoms with E-state index in [0.29, 0.717) is 18.7 Å². The highest BCUT2D eigenvalue weighted by atomic mass is 19.1. The van der Waals surface area contributed by atoms with Crippen molar-refractivity contribution in [3.63, 3.8) is 0 Å². The highest BCUT2D eigenvalue weighted by Gasteiger charge is 2.21. The zero-order valence-corrected chi connectivity index (χ0v) is 10.5. The lowest BCUT2D eigenvalue weighted by molar-refractivity contribution is -0.128. The molecule has 1 aliphatic heterocycles. The second-order valence-electron chi connectivity index (χ2n) is 4.44. The summed E-state index contributed by atoms with van der Waals surface area (Å²) in [4.78, 5) is 24.6. The molecule has 19 heavy (non-hydrogen) atoms. The van der Waals surface area contributed by atoms with Crippen molar-refractivity contribution in [3.8, 4) is 0 Å². The molecule has 1 heterocycles. The van der Waals surface area contributed by atoms with Gasteiger partial charge in [0.05, 0.1) is 0 Å². The van der Waals surface area contributed by atoms with Crippen LogP contribution in [0.4, 0.5) is 10.1 Å². The molecule has 0 unspecified atom stereocenters. The van der Waals surface area contributed by atoms with Gasteiger partial charge >= 0.3 is 0 Å². The van der Waals surface area contributed by atoms with Gasteiger partial charge in [0, 0.05) is 25.2 Å². The van der Waals surface area contributed by atoms with Crippen LogP contribution in [0.3, 0.4) is 0 Å². The third-order valence-electron chi connectivity index (χ3n) is 3.04. The number of likely N-dealkylation sites (tertiary alicyclic amines) is 1. The van der Waals surface area contributed by atoms with Gasteiger partial charge in [0.25, 0.3) is 5.91 Å². The summed E-state index contributed by atoms with van der Waals surface area (Å²) in [5.41, 5.74) is 1.29. The summed E-state index contributed by atoms with van der Waals surface area (Å²) < 4.78 is 12.7. The number of amides is 2. The Kier molecular flexibility index (Phi) is 3.94. The fourth-order valence-electron chi connectivity index (χ4n) is 2.05. The van der Waals surface area contributed by atoms with E-state index in [4.69, 9.17) is 0 Å². The van der Waals surface area contributed by atoms with E-state index in [1.807, 2.05) is 12.1 Å². The molecule has 2 rings (SSSR count). The van der Waals surface area contributed by atoms with Crippen molar-refractivity contribution >= 4 is 17.5 Å². The zero-order valence-electron chi connectivity index (χ0n) is 10.5. The molecule has 0 aromatic heterocycles. The van der Waals surface area contributed by atoms with Crippen molar-refractivity contribution in [2.45, 2.75) is 19.4 Å². The minimum atomic E-state index is -1.04. The number of nitrogens with one attached hydrogen (secondary N) is 1. The van der Waals surface area contributed by atoms with Crippen LogP contribution in [-0.4, -0.2) is 23.3 Å². The molecule has 0 atom stereocenters. The van der Waals surface area contributed by atoms with E-state index >= 15 is 0 Å². The van der Waals surface area contributed by atoms with Crippen LogP contribution in [0, 0.1) is 0 Å². The molecule has 1 N–H and O–H groups in total. The molecular weight excluding hydrogens is 247 g/mol. The summed E-state index contributed by atoms with van der Waals surface area (Å²) in [7, 11) is 0. The minimum Gasteiger partial charge on any atom is -0.338 e. The second kappa shape index (κ2) is 5.65. The number of rotatable bonds is 4. The Morgan fingerprint density at radius 2 is 2.16 bits per heavy atom. The van der Waals surface area contributed by atoms with Crippen molar-refractivity contribution in [2.75, 3.05) is 11.9 Å². The minimum absolute atomic E-state index is 0.107. The summed E-state index contributed by atoms with van der Waals surface area (Å²) in [5, 5.41) is 2.45. The van der Waals surface area contributed by atoms with Crippen molar-refractivity contribution in [1.29, 1.82) is 0 Å². The molecular formula is C14H15FN2O2. The Bertz CT molecular complexity index is 528. The highest BCUT2D eigenvalue weighted by Crippen LogP contribution is 2.21. The summed E-state index contributed by atoms with van der Waals surface area (Å²) in [6.07, 6.45) is 1.42. The summed E-state index contributed by atoms with van der Waals surface area (Å²) >= 11 is 0. The van der Waals surface area contributed by atoms with Crippen molar-refractivity contribution in [3.05, 3.63) is 42.2 Å². The van der Waals surface area contributed by atoms with Crippen molar-refractivity contribution in [2.24, 2.45) is 0 Å². The van der Waals surface area contributed by atoms with Crippen molar-refractivity contribution < 1.29 is 14.0 Å². The molecule has 0 saturated carbocycles. The van der Waals surface area contributed by atoms with E-state index in [9.17, 15) is 14.0 Å². The van der Waals surface area contributed by atoms with E-state index < -0.39 is 11.7 Å². The fraction of sp³-hybridized carbons (Fsp3) is 0.286. The first-order valence-electron chi connectivity index (χ1n) is 6.09. The normalized spacial score (nSPS) is 14.6. The molecule has 0 aliphatic carbocycles. The lowest BCUT2D eigenvalue weighted by Gasteiger charge is -2.18. The third-order valence-corrected chi connectivity index (χ3v) is 3.04. The van der Waals surface area contributed by atoms with Gasteiger partial charge < -0.3 is 10.2 Å². The van der Waals surface area contributed by atoms with Gasteiger partial charge in [0.1, 0.15) is 0 Å². The summed E-state index contributed by atoms with van der Waals surface area (Å²) in [5.74, 6) is -1.79. The Morgan fingerprint density at radius 1 is 1.42 bits per heavy atom. The average Bonchev–Trinajstić information content (AvgIpc) is 2.77. The van der Waals surface area contributed by atoms with Gasteiger partial charge in [-0.3, -0.25) is 9.59 Å². The molecule has 100 valence electrons. The van der Waals surface area contributed by atoms with Gasteiger partial charge in [-0.25, -0.2) is 4.39 Å². The maximum Gasteiger partial charge on any atom is 0.283 e. The van der Waals surface area contributed by atoms with Crippen LogP contribution in [-0.2, 0) is 16.1 Å². The molecule has 1 aliphatic rings. The number of hydrogen-bond acceptors (Lipinski definition) is 2. The number of hydrogen-bond donors (Lipinski definition) is 1. The number of para-hydroxylation sites is 1. The zero-order chi connectivity index (χ0) is 13.8. The first-order valence-corrected chi connectivity index (χ1v) is 6.09. The topological polar surface area (TPSA) is 49.4 Å². The smallest absolute Gasteiger partial charge is 0.283 e. The Morgan fingerprint density at radius 3 is 2.79 bits per heavy atom. The molecule has 4 nitrogen and oxygen atoms in total. The van der Waals surface area contributed by atoms with Crippen LogP contribution in [0.25, 0.3) is 0 Å². The van der Waals surface area contributed by atoms with Crippen LogP contribution in [0.5, 0.6) is 0 Å². The van der Waals surface area contributed by atoms with Crippen LogP contribution < -0.4 is 5.32 Å². The number of halogens is 1. The molecule has 1 saturated heterocycles. The Hall–Kier alpha value is -2.17. The predicted molar refractivity (Wildman–Crippen MR) is 70.0 cm³/mol. The van der Waals surface area contributed by atoms with Crippen LogP contribution >= 0.6 is 0 Å². The summed E-state index contributed by atoms with van der Waals surface area (Å²) in [6, 6.07) is 7.04. The molecule has 5 heteroatoms. The van der Waals surface area contributed by atoms with Gasteiger partial charge in [0.15, 0.2) is 5.83 Å². The molecule has 1 aromatic rings. The number of benzene rings is 1. The number of anilines is 1. The van der Waals surface area contributed by atoms with E-state index in [2.05, 4.69) is 11.9 Å². The number of nitrogens with zero attached hydrogens (tertiary/aromatic N) is 1. The lowest BCUT2D eigenvalue weighted by atomic mass is 10.1. The van der Waals surface area contributed by atoms with E-state index in [0.717, 1.165) is 18.5 Å².